The van der Waals surface area contributed by atoms with Gasteiger partial charge in [-0.15, -0.1) is 0 Å². The third-order valence-corrected chi connectivity index (χ3v) is 5.05. The number of halogens is 1. The van der Waals surface area contributed by atoms with Gasteiger partial charge in [-0.25, -0.2) is 4.98 Å². The molecule has 4 aromatic rings. The van der Waals surface area contributed by atoms with Gasteiger partial charge in [0.1, 0.15) is 11.2 Å². The maximum atomic E-state index is 12.7. The zero-order valence-electron chi connectivity index (χ0n) is 16.5. The third-order valence-electron chi connectivity index (χ3n) is 4.82. The molecular formula is C22H19ClN4O3. The van der Waals surface area contributed by atoms with Gasteiger partial charge in [-0.1, -0.05) is 46.6 Å². The number of hydrogen-bond acceptors (Lipinski definition) is 5. The second kappa shape index (κ2) is 8.12. The first kappa shape index (κ1) is 19.8. The zero-order chi connectivity index (χ0) is 21.3. The van der Waals surface area contributed by atoms with Gasteiger partial charge in [0.2, 0.25) is 5.91 Å². The molecule has 30 heavy (non-hydrogen) atoms. The van der Waals surface area contributed by atoms with Crippen LogP contribution in [0.15, 0.2) is 58.1 Å². The summed E-state index contributed by atoms with van der Waals surface area (Å²) in [5, 5.41) is 7.45. The van der Waals surface area contributed by atoms with Crippen LogP contribution in [0.4, 0.5) is 5.69 Å². The largest absolute Gasteiger partial charge is 0.348 e. The molecule has 0 fully saturated rings. The van der Waals surface area contributed by atoms with E-state index in [1.165, 1.54) is 10.9 Å². The van der Waals surface area contributed by atoms with Gasteiger partial charge in [0.05, 0.1) is 6.33 Å². The fourth-order valence-corrected chi connectivity index (χ4v) is 3.34. The Bertz CT molecular complexity index is 1290. The highest BCUT2D eigenvalue weighted by Crippen LogP contribution is 2.24. The Hall–Kier alpha value is -3.45. The maximum Gasteiger partial charge on any atom is 0.299 e. The Morgan fingerprint density at radius 2 is 1.93 bits per heavy atom. The molecule has 0 unspecified atom stereocenters. The van der Waals surface area contributed by atoms with E-state index >= 15 is 0 Å². The first-order valence-corrected chi connectivity index (χ1v) is 9.78. The first-order chi connectivity index (χ1) is 14.4. The van der Waals surface area contributed by atoms with Crippen LogP contribution in [-0.4, -0.2) is 20.6 Å². The van der Waals surface area contributed by atoms with E-state index < -0.39 is 0 Å². The van der Waals surface area contributed by atoms with Crippen LogP contribution >= 0.6 is 11.6 Å². The summed E-state index contributed by atoms with van der Waals surface area (Å²) in [6.45, 7) is 4.02. The van der Waals surface area contributed by atoms with E-state index in [-0.39, 0.29) is 30.0 Å². The Morgan fingerprint density at radius 3 is 2.67 bits per heavy atom. The van der Waals surface area contributed by atoms with Crippen LogP contribution in [0.2, 0.25) is 5.02 Å². The van der Waals surface area contributed by atoms with E-state index in [0.29, 0.717) is 21.9 Å². The predicted octanol–water partition coefficient (Wildman–Crippen LogP) is 4.35. The lowest BCUT2D eigenvalue weighted by atomic mass is 10.1. The molecule has 2 aromatic heterocycles. The summed E-state index contributed by atoms with van der Waals surface area (Å²) in [5.74, 6) is -0.217. The van der Waals surface area contributed by atoms with Crippen molar-refractivity contribution in [3.63, 3.8) is 0 Å². The van der Waals surface area contributed by atoms with Gasteiger partial charge in [0.25, 0.3) is 11.1 Å². The highest BCUT2D eigenvalue weighted by Gasteiger charge is 2.17. The first-order valence-electron chi connectivity index (χ1n) is 9.40. The van der Waals surface area contributed by atoms with Crippen LogP contribution in [0.25, 0.3) is 22.4 Å². The number of benzene rings is 2. The highest BCUT2D eigenvalue weighted by atomic mass is 35.5. The summed E-state index contributed by atoms with van der Waals surface area (Å²) in [6.07, 6.45) is 1.52. The smallest absolute Gasteiger partial charge is 0.299 e. The van der Waals surface area contributed by atoms with Gasteiger partial charge >= 0.3 is 0 Å². The number of hydrogen-bond donors (Lipinski definition) is 1. The Morgan fingerprint density at radius 1 is 1.17 bits per heavy atom. The quantitative estimate of drug-likeness (QED) is 0.516. The monoisotopic (exact) mass is 422 g/mol. The molecule has 0 saturated heterocycles. The summed E-state index contributed by atoms with van der Waals surface area (Å²) in [5.41, 5.74) is 4.11. The van der Waals surface area contributed by atoms with Crippen LogP contribution in [0.5, 0.6) is 0 Å². The SMILES string of the molecule is Cc1ccc(-c2noc3c(=O)n(CCC(=O)Nc4ccc(Cl)cc4C)cnc23)cc1. The molecular weight excluding hydrogens is 404 g/mol. The van der Waals surface area contributed by atoms with Gasteiger partial charge in [0, 0.05) is 29.2 Å². The van der Waals surface area contributed by atoms with E-state index in [1.807, 2.05) is 38.1 Å². The molecule has 152 valence electrons. The van der Waals surface area contributed by atoms with Crippen molar-refractivity contribution >= 4 is 34.3 Å². The molecule has 0 spiro atoms. The molecule has 2 aromatic carbocycles. The van der Waals surface area contributed by atoms with E-state index in [9.17, 15) is 9.59 Å². The summed E-state index contributed by atoms with van der Waals surface area (Å²) in [4.78, 5) is 29.4. The molecule has 2 heterocycles. The van der Waals surface area contributed by atoms with E-state index in [0.717, 1.165) is 16.7 Å². The molecule has 0 aliphatic heterocycles. The molecule has 0 saturated carbocycles. The van der Waals surface area contributed by atoms with Crippen LogP contribution < -0.4 is 10.9 Å². The molecule has 4 rings (SSSR count). The molecule has 0 aliphatic rings. The summed E-state index contributed by atoms with van der Waals surface area (Å²) in [6, 6.07) is 13.0. The van der Waals surface area contributed by atoms with Crippen LogP contribution in [0, 0.1) is 13.8 Å². The Kier molecular flexibility index (Phi) is 5.37. The molecule has 8 heteroatoms. The fraction of sp³-hybridized carbons (Fsp3) is 0.182. The van der Waals surface area contributed by atoms with E-state index in [1.54, 1.807) is 18.2 Å². The molecule has 0 bridgehead atoms. The van der Waals surface area contributed by atoms with Gasteiger partial charge in [0.15, 0.2) is 0 Å². The van der Waals surface area contributed by atoms with Crippen LogP contribution in [0.1, 0.15) is 17.5 Å². The van der Waals surface area contributed by atoms with Crippen molar-refractivity contribution in [2.24, 2.45) is 0 Å². The molecule has 7 nitrogen and oxygen atoms in total. The number of fused-ring (bicyclic) bond motifs is 1. The van der Waals surface area contributed by atoms with Crippen molar-refractivity contribution in [1.82, 2.24) is 14.7 Å². The van der Waals surface area contributed by atoms with E-state index in [4.69, 9.17) is 16.1 Å². The summed E-state index contributed by atoms with van der Waals surface area (Å²) in [7, 11) is 0. The van der Waals surface area contributed by atoms with Crippen molar-refractivity contribution in [3.8, 4) is 11.3 Å². The maximum absolute atomic E-state index is 12.7. The molecule has 0 aliphatic carbocycles. The minimum absolute atomic E-state index is 0.0713. The molecule has 0 atom stereocenters. The van der Waals surface area contributed by atoms with Crippen molar-refractivity contribution in [2.75, 3.05) is 5.32 Å². The average Bonchev–Trinajstić information content (AvgIpc) is 3.15. The number of nitrogens with one attached hydrogen (secondary N) is 1. The topological polar surface area (TPSA) is 90.0 Å². The van der Waals surface area contributed by atoms with Crippen molar-refractivity contribution < 1.29 is 9.32 Å². The minimum Gasteiger partial charge on any atom is -0.348 e. The third kappa shape index (κ3) is 3.97. The number of rotatable bonds is 5. The van der Waals surface area contributed by atoms with Gasteiger partial charge in [-0.2, -0.15) is 0 Å². The summed E-state index contributed by atoms with van der Waals surface area (Å²) >= 11 is 5.94. The van der Waals surface area contributed by atoms with E-state index in [2.05, 4.69) is 15.5 Å². The van der Waals surface area contributed by atoms with Crippen molar-refractivity contribution in [3.05, 3.63) is 75.3 Å². The second-order valence-corrected chi connectivity index (χ2v) is 7.51. The normalized spacial score (nSPS) is 11.0. The van der Waals surface area contributed by atoms with Crippen molar-refractivity contribution in [2.45, 2.75) is 26.8 Å². The van der Waals surface area contributed by atoms with Crippen LogP contribution in [-0.2, 0) is 11.3 Å². The lowest BCUT2D eigenvalue weighted by Crippen LogP contribution is -2.23. The Balaban J connectivity index is 1.51. The standard InChI is InChI=1S/C22H19ClN4O3/c1-13-3-5-15(6-4-13)19-20-21(30-26-19)22(29)27(12-24-20)10-9-18(28)25-17-8-7-16(23)11-14(17)2/h3-8,11-12H,9-10H2,1-2H3,(H,25,28). The number of aryl methyl sites for hydroxylation is 3. The van der Waals surface area contributed by atoms with Gasteiger partial charge < -0.3 is 9.84 Å². The second-order valence-electron chi connectivity index (χ2n) is 7.08. The van der Waals surface area contributed by atoms with Gasteiger partial charge in [-0.3, -0.25) is 14.2 Å². The summed E-state index contributed by atoms with van der Waals surface area (Å²) < 4.78 is 6.62. The Labute approximate surface area is 177 Å². The van der Waals surface area contributed by atoms with Crippen LogP contribution in [0.3, 0.4) is 0 Å². The number of nitrogens with zero attached hydrogens (tertiary/aromatic N) is 3. The predicted molar refractivity (Wildman–Crippen MR) is 116 cm³/mol. The van der Waals surface area contributed by atoms with Crippen molar-refractivity contribution in [1.29, 1.82) is 0 Å². The van der Waals surface area contributed by atoms with Gasteiger partial charge in [-0.05, 0) is 37.6 Å². The number of anilines is 1. The highest BCUT2D eigenvalue weighted by molar-refractivity contribution is 6.30. The number of aromatic nitrogens is 3. The molecule has 1 amide bonds. The number of amides is 1. The zero-order valence-corrected chi connectivity index (χ0v) is 17.2. The lowest BCUT2D eigenvalue weighted by molar-refractivity contribution is -0.116. The minimum atomic E-state index is -0.374. The number of carbonyl (C=O) groups is 1. The fourth-order valence-electron chi connectivity index (χ4n) is 3.12. The molecule has 0 radical (unpaired) electrons. The average molecular weight is 423 g/mol. The lowest BCUT2D eigenvalue weighted by Gasteiger charge is -2.09. The number of carbonyl (C=O) groups excluding carboxylic acids is 1. The molecule has 1 N–H and O–H groups in total.